The highest BCUT2D eigenvalue weighted by atomic mass is 16.8. The molecule has 4 saturated carbocycles. The Labute approximate surface area is 449 Å². The lowest BCUT2D eigenvalue weighted by atomic mass is 9.33. The van der Waals surface area contributed by atoms with Crippen molar-refractivity contribution in [3.05, 3.63) is 11.6 Å². The molecule has 442 valence electrons. The molecular weight excluding hydrogens is 1020 g/mol. The van der Waals surface area contributed by atoms with Crippen LogP contribution in [0.1, 0.15) is 113 Å². The summed E-state index contributed by atoms with van der Waals surface area (Å²) in [5.74, 6) is -1.36. The van der Waals surface area contributed by atoms with Crippen LogP contribution in [0.25, 0.3) is 0 Å². The zero-order valence-electron chi connectivity index (χ0n) is 45.4. The number of aliphatic carboxylic acids is 1. The minimum atomic E-state index is -2.16. The summed E-state index contributed by atoms with van der Waals surface area (Å²) in [6.07, 6.45) is -29.2. The molecule has 0 unspecified atom stereocenters. The lowest BCUT2D eigenvalue weighted by molar-refractivity contribution is -0.407. The highest BCUT2D eigenvalue weighted by Crippen LogP contribution is 2.76. The largest absolute Gasteiger partial charge is 0.479 e. The van der Waals surface area contributed by atoms with Crippen LogP contribution in [0, 0.1) is 50.2 Å². The third-order valence-electron chi connectivity index (χ3n) is 21.6. The number of aliphatic hydroxyl groups excluding tert-OH is 13. The summed E-state index contributed by atoms with van der Waals surface area (Å²) in [4.78, 5) is 12.7. The SMILES string of the molecule is C[C@@H]1O[C@@H](O[C@H]2[C@H](O[C@H]3[C@H](O[C@H]4[C@H](O[C@H]5CC[C@@]6(C)[C@@H](CC[C@]7(C)[C@@H]6CC=C6[C@@H]8CC(C)(C)C[C@@H](O)[C@]8(C)CC[C@]67C)[C@@]5(C)CO)O[C@H](C(=O)O)[C@@H](O)[C@@H]4O)O[C@H](CO)[C@@H](O)[C@@H]3O)O[C@H](CO)[C@H](O)[C@@H]2O)[C@H](O)[C@H](O)[C@H]1O. The maximum absolute atomic E-state index is 12.7. The van der Waals surface area contributed by atoms with Gasteiger partial charge in [-0.05, 0) is 104 Å². The van der Waals surface area contributed by atoms with Crippen LogP contribution in [-0.2, 0) is 42.7 Å². The number of carbonyl (C=O) groups is 1. The molecule has 4 saturated heterocycles. The van der Waals surface area contributed by atoms with Crippen LogP contribution in [0.2, 0.25) is 0 Å². The van der Waals surface area contributed by atoms with Crippen molar-refractivity contribution in [1.82, 2.24) is 0 Å². The lowest BCUT2D eigenvalue weighted by Crippen LogP contribution is -2.69. The Morgan fingerprint density at radius 1 is 0.571 bits per heavy atom. The zero-order chi connectivity index (χ0) is 56.4. The molecule has 0 radical (unpaired) electrons. The van der Waals surface area contributed by atoms with Crippen molar-refractivity contribution in [2.75, 3.05) is 19.8 Å². The van der Waals surface area contributed by atoms with Gasteiger partial charge < -0.3 is 109 Å². The van der Waals surface area contributed by atoms with Gasteiger partial charge in [-0.1, -0.05) is 60.1 Å². The van der Waals surface area contributed by atoms with Gasteiger partial charge >= 0.3 is 5.97 Å². The molecule has 9 aliphatic rings. The maximum Gasteiger partial charge on any atom is 0.335 e. The summed E-state index contributed by atoms with van der Waals surface area (Å²) in [5, 5.41) is 154. The van der Waals surface area contributed by atoms with E-state index in [4.69, 9.17) is 37.9 Å². The van der Waals surface area contributed by atoms with Crippen molar-refractivity contribution < 1.29 is 114 Å². The highest BCUT2D eigenvalue weighted by molar-refractivity contribution is 5.73. The fourth-order valence-electron chi connectivity index (χ4n) is 16.6. The fourth-order valence-corrected chi connectivity index (χ4v) is 16.6. The van der Waals surface area contributed by atoms with Gasteiger partial charge in [0.15, 0.2) is 31.3 Å². The highest BCUT2D eigenvalue weighted by Gasteiger charge is 2.70. The average molecular weight is 1110 g/mol. The number of allylic oxidation sites excluding steroid dienone is 2. The van der Waals surface area contributed by atoms with Crippen LogP contribution in [-0.4, -0.2) is 232 Å². The number of carboxylic acids is 1. The minimum Gasteiger partial charge on any atom is -0.479 e. The van der Waals surface area contributed by atoms with Crippen molar-refractivity contribution in [1.29, 1.82) is 0 Å². The van der Waals surface area contributed by atoms with E-state index in [2.05, 4.69) is 47.6 Å². The molecular formula is C54H88O23. The molecule has 0 bridgehead atoms. The normalized spacial score (nSPS) is 55.7. The molecule has 14 N–H and O–H groups in total. The van der Waals surface area contributed by atoms with Crippen molar-refractivity contribution in [2.45, 2.75) is 248 Å². The van der Waals surface area contributed by atoms with E-state index in [1.54, 1.807) is 0 Å². The third kappa shape index (κ3) is 9.70. The Morgan fingerprint density at radius 2 is 1.12 bits per heavy atom. The van der Waals surface area contributed by atoms with Gasteiger partial charge in [-0.2, -0.15) is 0 Å². The molecule has 77 heavy (non-hydrogen) atoms. The second-order valence-electron chi connectivity index (χ2n) is 26.4. The molecule has 5 aliphatic carbocycles. The number of hydrogen-bond acceptors (Lipinski definition) is 22. The van der Waals surface area contributed by atoms with Crippen molar-refractivity contribution in [3.8, 4) is 0 Å². The maximum atomic E-state index is 12.7. The smallest absolute Gasteiger partial charge is 0.335 e. The number of ether oxygens (including phenoxy) is 8. The number of hydrogen-bond donors (Lipinski definition) is 14. The Bertz CT molecular complexity index is 2140. The summed E-state index contributed by atoms with van der Waals surface area (Å²) in [7, 11) is 0. The first-order chi connectivity index (χ1) is 36.0. The first kappa shape index (κ1) is 60.0. The predicted octanol–water partition coefficient (Wildman–Crippen LogP) is -1.47. The standard InChI is InChI=1S/C54H88O23/c1-22-31(59)34(62)39(67)45(70-22)75-41-35(63)32(60)25(19-55)71-46(41)76-42-36(64)33(61)26(20-56)72-47(42)77-43-38(66)37(65)40(44(68)69)74-48(43)73-30-12-13-51(5)27(52(30,6)21-57)11-14-54(8)28(51)10-9-23-24-17-49(2,3)18-29(58)50(24,4)15-16-53(23,54)7/h9,22,24-43,45-48,55-67H,10-21H2,1-8H3,(H,68,69)/t22-,24-,25+,26+,27+,28+,29+,30-,31-,32-,33+,34+,35-,36-,37-,38-,39+,40-,41+,42+,43+,45-,46-,47-,48+,50+,51-,52+,53+,54+/m0/s1. The van der Waals surface area contributed by atoms with E-state index >= 15 is 0 Å². The van der Waals surface area contributed by atoms with E-state index in [9.17, 15) is 76.3 Å². The van der Waals surface area contributed by atoms with Gasteiger partial charge in [-0.15, -0.1) is 0 Å². The Balaban J connectivity index is 0.999. The van der Waals surface area contributed by atoms with E-state index in [1.165, 1.54) is 12.5 Å². The molecule has 0 amide bonds. The fraction of sp³-hybridized carbons (Fsp3) is 0.944. The second-order valence-corrected chi connectivity index (χ2v) is 26.4. The predicted molar refractivity (Wildman–Crippen MR) is 263 cm³/mol. The van der Waals surface area contributed by atoms with Crippen molar-refractivity contribution in [3.63, 3.8) is 0 Å². The number of carboxylic acid groups (broad SMARTS) is 1. The van der Waals surface area contributed by atoms with E-state index in [0.29, 0.717) is 19.3 Å². The van der Waals surface area contributed by atoms with Gasteiger partial charge in [0.2, 0.25) is 0 Å². The summed E-state index contributed by atoms with van der Waals surface area (Å²) in [5.41, 5.74) is -0.380. The van der Waals surface area contributed by atoms with E-state index in [-0.39, 0.29) is 51.4 Å². The summed E-state index contributed by atoms with van der Waals surface area (Å²) in [6.45, 7) is 15.1. The van der Waals surface area contributed by atoms with Crippen LogP contribution in [0.5, 0.6) is 0 Å². The molecule has 23 heteroatoms. The average Bonchev–Trinajstić information content (AvgIpc) is 3.55. The molecule has 4 heterocycles. The zero-order valence-corrected chi connectivity index (χ0v) is 45.4. The summed E-state index contributed by atoms with van der Waals surface area (Å²) in [6, 6.07) is 0. The second kappa shape index (κ2) is 21.5. The van der Waals surface area contributed by atoms with Gasteiger partial charge in [0.25, 0.3) is 0 Å². The van der Waals surface area contributed by atoms with Crippen molar-refractivity contribution in [2.24, 2.45) is 50.2 Å². The van der Waals surface area contributed by atoms with Gasteiger partial charge in [0.1, 0.15) is 85.5 Å². The van der Waals surface area contributed by atoms with Gasteiger partial charge in [0.05, 0.1) is 38.1 Å². The molecule has 0 aromatic heterocycles. The van der Waals surface area contributed by atoms with Crippen molar-refractivity contribution >= 4 is 5.97 Å². The first-order valence-electron chi connectivity index (χ1n) is 27.8. The minimum absolute atomic E-state index is 0.0148. The first-order valence-corrected chi connectivity index (χ1v) is 27.8. The Hall–Kier alpha value is -1.63. The molecule has 0 aromatic rings. The van der Waals surface area contributed by atoms with Crippen LogP contribution in [0.4, 0.5) is 0 Å². The quantitative estimate of drug-likeness (QED) is 0.0783. The number of fused-ring (bicyclic) bond motifs is 7. The number of aliphatic hydroxyl groups is 13. The molecule has 0 aromatic carbocycles. The third-order valence-corrected chi connectivity index (χ3v) is 21.6. The monoisotopic (exact) mass is 1100 g/mol. The van der Waals surface area contributed by atoms with Crippen LogP contribution >= 0.6 is 0 Å². The number of rotatable bonds is 12. The van der Waals surface area contributed by atoms with Gasteiger partial charge in [0, 0.05) is 10.8 Å². The molecule has 23 nitrogen and oxygen atoms in total. The Kier molecular flexibility index (Phi) is 16.8. The van der Waals surface area contributed by atoms with E-state index < -0.39 is 160 Å². The topological polar surface area (TPSA) is 374 Å². The summed E-state index contributed by atoms with van der Waals surface area (Å²) < 4.78 is 48.4. The molecule has 30 atom stereocenters. The van der Waals surface area contributed by atoms with Crippen LogP contribution in [0.15, 0.2) is 11.6 Å². The van der Waals surface area contributed by atoms with E-state index in [0.717, 1.165) is 38.5 Å². The Morgan fingerprint density at radius 3 is 1.66 bits per heavy atom. The molecule has 9 rings (SSSR count). The van der Waals surface area contributed by atoms with Gasteiger partial charge in [-0.25, -0.2) is 4.79 Å². The lowest BCUT2D eigenvalue weighted by Gasteiger charge is -2.72. The van der Waals surface area contributed by atoms with Crippen LogP contribution < -0.4 is 0 Å². The summed E-state index contributed by atoms with van der Waals surface area (Å²) >= 11 is 0. The molecule has 4 aliphatic heterocycles. The van der Waals surface area contributed by atoms with Gasteiger partial charge in [-0.3, -0.25) is 0 Å². The molecule has 0 spiro atoms. The van der Waals surface area contributed by atoms with E-state index in [1.807, 2.05) is 6.92 Å². The molecule has 8 fully saturated rings. The van der Waals surface area contributed by atoms with Crippen LogP contribution in [0.3, 0.4) is 0 Å².